The second-order valence-electron chi connectivity index (χ2n) is 8.20. The molecule has 0 amide bonds. The van der Waals surface area contributed by atoms with Crippen molar-refractivity contribution in [2.75, 3.05) is 55.4 Å². The molecule has 0 bridgehead atoms. The fraction of sp³-hybridized carbons (Fsp3) is 0.889. The van der Waals surface area contributed by atoms with Gasteiger partial charge in [0.05, 0.1) is 55.4 Å². The molecular weight excluding hydrogens is 244 g/mol. The van der Waals surface area contributed by atoms with Gasteiger partial charge >= 0.3 is 0 Å². The third-order valence-corrected chi connectivity index (χ3v) is 3.57. The highest BCUT2D eigenvalue weighted by Crippen LogP contribution is 2.06. The lowest BCUT2D eigenvalue weighted by molar-refractivity contribution is -0.870. The summed E-state index contributed by atoms with van der Waals surface area (Å²) in [6.07, 6.45) is 15.5. The Bertz CT molecular complexity index is 217. The van der Waals surface area contributed by atoms with Crippen molar-refractivity contribution in [2.24, 2.45) is 0 Å². The van der Waals surface area contributed by atoms with E-state index in [-0.39, 0.29) is 0 Å². The number of quaternary nitrogens is 2. The molecule has 0 saturated carbocycles. The summed E-state index contributed by atoms with van der Waals surface area (Å²) >= 11 is 0. The lowest BCUT2D eigenvalue weighted by Crippen LogP contribution is -2.35. The van der Waals surface area contributed by atoms with Crippen molar-refractivity contribution in [1.29, 1.82) is 0 Å². The fourth-order valence-electron chi connectivity index (χ4n) is 2.29. The Morgan fingerprint density at radius 1 is 0.500 bits per heavy atom. The number of unbranched alkanes of at least 4 members (excludes halogenated alkanes) is 6. The summed E-state index contributed by atoms with van der Waals surface area (Å²) in [6, 6.07) is 0. The van der Waals surface area contributed by atoms with Gasteiger partial charge in [-0.25, -0.2) is 0 Å². The predicted octanol–water partition coefficient (Wildman–Crippen LogP) is 4.08. The van der Waals surface area contributed by atoms with Gasteiger partial charge in [0.25, 0.3) is 0 Å². The van der Waals surface area contributed by atoms with E-state index < -0.39 is 0 Å². The highest BCUT2D eigenvalue weighted by Gasteiger charge is 2.05. The molecule has 0 aromatic rings. The van der Waals surface area contributed by atoms with Gasteiger partial charge in [-0.15, -0.1) is 0 Å². The summed E-state index contributed by atoms with van der Waals surface area (Å²) in [5, 5.41) is 0. The quantitative estimate of drug-likeness (QED) is 0.288. The van der Waals surface area contributed by atoms with E-state index in [4.69, 9.17) is 0 Å². The third-order valence-electron chi connectivity index (χ3n) is 3.57. The average molecular weight is 285 g/mol. The Morgan fingerprint density at radius 2 is 0.850 bits per heavy atom. The van der Waals surface area contributed by atoms with Crippen molar-refractivity contribution >= 4 is 0 Å². The molecule has 2 heteroatoms. The van der Waals surface area contributed by atoms with E-state index >= 15 is 0 Å². The zero-order valence-electron chi connectivity index (χ0n) is 15.1. The van der Waals surface area contributed by atoms with Gasteiger partial charge in [0, 0.05) is 0 Å². The number of hydrogen-bond acceptors (Lipinski definition) is 0. The largest absolute Gasteiger partial charge is 0.331 e. The molecule has 0 aliphatic carbocycles. The first kappa shape index (κ1) is 19.7. The van der Waals surface area contributed by atoms with Crippen molar-refractivity contribution in [2.45, 2.75) is 51.4 Å². The molecule has 20 heavy (non-hydrogen) atoms. The minimum atomic E-state index is 1.10. The van der Waals surface area contributed by atoms with E-state index in [1.807, 2.05) is 0 Å². The van der Waals surface area contributed by atoms with Crippen LogP contribution in [-0.4, -0.2) is 64.3 Å². The molecule has 0 rings (SSSR count). The van der Waals surface area contributed by atoms with Crippen molar-refractivity contribution < 1.29 is 8.97 Å². The normalized spacial score (nSPS) is 13.3. The van der Waals surface area contributed by atoms with Crippen LogP contribution in [-0.2, 0) is 0 Å². The summed E-state index contributed by atoms with van der Waals surface area (Å²) in [7, 11) is 13.7. The maximum atomic E-state index is 2.39. The van der Waals surface area contributed by atoms with Crippen LogP contribution >= 0.6 is 0 Å². The van der Waals surface area contributed by atoms with Crippen molar-refractivity contribution in [1.82, 2.24) is 0 Å². The second kappa shape index (κ2) is 10.4. The van der Waals surface area contributed by atoms with Gasteiger partial charge in [-0.1, -0.05) is 12.2 Å². The summed E-state index contributed by atoms with van der Waals surface area (Å²) in [5.41, 5.74) is 0. The van der Waals surface area contributed by atoms with Gasteiger partial charge in [0.1, 0.15) is 0 Å². The minimum absolute atomic E-state index is 1.10. The standard InChI is InChI=1S/C18H40N2/c1-19(2,3)17-15-13-11-9-7-8-10-12-14-16-18-20(4,5)6/h7-8H,9-18H2,1-6H3/q+2/b8-7+. The zero-order valence-corrected chi connectivity index (χ0v) is 15.1. The van der Waals surface area contributed by atoms with Crippen LogP contribution in [0.4, 0.5) is 0 Å². The molecule has 0 heterocycles. The van der Waals surface area contributed by atoms with Crippen LogP contribution in [0.5, 0.6) is 0 Å². The van der Waals surface area contributed by atoms with E-state index in [2.05, 4.69) is 54.4 Å². The summed E-state index contributed by atoms with van der Waals surface area (Å²) in [6.45, 7) is 2.60. The topological polar surface area (TPSA) is 0 Å². The first-order valence-electron chi connectivity index (χ1n) is 8.47. The first-order valence-corrected chi connectivity index (χ1v) is 8.47. The van der Waals surface area contributed by atoms with Gasteiger partial charge in [-0.3, -0.25) is 0 Å². The molecule has 0 aliphatic heterocycles. The Morgan fingerprint density at radius 3 is 1.15 bits per heavy atom. The number of allylic oxidation sites excluding steroid dienone is 2. The maximum Gasteiger partial charge on any atom is 0.0780 e. The Balaban J connectivity index is 3.25. The Hall–Kier alpha value is -0.340. The highest BCUT2D eigenvalue weighted by molar-refractivity contribution is 4.81. The van der Waals surface area contributed by atoms with Crippen LogP contribution in [0.1, 0.15) is 51.4 Å². The van der Waals surface area contributed by atoms with Crippen molar-refractivity contribution in [3.05, 3.63) is 12.2 Å². The molecule has 2 nitrogen and oxygen atoms in total. The maximum absolute atomic E-state index is 2.39. The molecule has 0 unspecified atom stereocenters. The molecule has 0 aromatic carbocycles. The van der Waals surface area contributed by atoms with Crippen LogP contribution in [0.25, 0.3) is 0 Å². The van der Waals surface area contributed by atoms with Crippen LogP contribution in [0.2, 0.25) is 0 Å². The SMILES string of the molecule is C[N+](C)(C)CCCCC/C=C/CCCCC[N+](C)(C)C. The molecule has 0 aliphatic rings. The van der Waals surface area contributed by atoms with Crippen molar-refractivity contribution in [3.8, 4) is 0 Å². The van der Waals surface area contributed by atoms with Gasteiger partial charge in [0.2, 0.25) is 0 Å². The molecule has 120 valence electrons. The van der Waals surface area contributed by atoms with E-state index in [1.165, 1.54) is 64.5 Å². The molecule has 0 atom stereocenters. The second-order valence-corrected chi connectivity index (χ2v) is 8.20. The molecule has 0 radical (unpaired) electrons. The smallest absolute Gasteiger partial charge is 0.0780 e. The molecule has 0 N–H and O–H groups in total. The third kappa shape index (κ3) is 17.7. The van der Waals surface area contributed by atoms with Gasteiger partial charge in [-0.2, -0.15) is 0 Å². The summed E-state index contributed by atoms with van der Waals surface area (Å²) in [5.74, 6) is 0. The highest BCUT2D eigenvalue weighted by atomic mass is 15.3. The number of rotatable bonds is 12. The average Bonchev–Trinajstić information content (AvgIpc) is 2.27. The number of hydrogen-bond donors (Lipinski definition) is 0. The van der Waals surface area contributed by atoms with Gasteiger partial charge in [0.15, 0.2) is 0 Å². The molecule has 0 spiro atoms. The summed E-state index contributed by atoms with van der Waals surface area (Å²) < 4.78 is 2.20. The van der Waals surface area contributed by atoms with E-state index in [1.54, 1.807) is 0 Å². The van der Waals surface area contributed by atoms with Crippen LogP contribution in [0, 0.1) is 0 Å². The van der Waals surface area contributed by atoms with E-state index in [9.17, 15) is 0 Å². The first-order chi connectivity index (χ1) is 9.21. The van der Waals surface area contributed by atoms with E-state index in [0.717, 1.165) is 8.97 Å². The van der Waals surface area contributed by atoms with Gasteiger partial charge < -0.3 is 8.97 Å². The summed E-state index contributed by atoms with van der Waals surface area (Å²) in [4.78, 5) is 0. The number of nitrogens with zero attached hydrogens (tertiary/aromatic N) is 2. The van der Waals surface area contributed by atoms with Crippen molar-refractivity contribution in [3.63, 3.8) is 0 Å². The fourth-order valence-corrected chi connectivity index (χ4v) is 2.29. The monoisotopic (exact) mass is 284 g/mol. The van der Waals surface area contributed by atoms with Crippen LogP contribution < -0.4 is 0 Å². The molecular formula is C18H40N2+2. The van der Waals surface area contributed by atoms with E-state index in [0.29, 0.717) is 0 Å². The minimum Gasteiger partial charge on any atom is -0.331 e. The van der Waals surface area contributed by atoms with Crippen LogP contribution in [0.3, 0.4) is 0 Å². The Labute approximate surface area is 128 Å². The molecule has 0 fully saturated rings. The molecule has 0 aromatic heterocycles. The lowest BCUT2D eigenvalue weighted by Gasteiger charge is -2.23. The molecule has 0 saturated heterocycles. The predicted molar refractivity (Wildman–Crippen MR) is 91.9 cm³/mol. The van der Waals surface area contributed by atoms with Crippen LogP contribution in [0.15, 0.2) is 12.2 Å². The zero-order chi connectivity index (χ0) is 15.5. The Kier molecular flexibility index (Phi) is 10.2. The lowest BCUT2D eigenvalue weighted by atomic mass is 10.1. The van der Waals surface area contributed by atoms with Gasteiger partial charge in [-0.05, 0) is 51.4 Å².